The molecule has 0 radical (unpaired) electrons. The zero-order chi connectivity index (χ0) is 20.1. The van der Waals surface area contributed by atoms with Gasteiger partial charge in [-0.25, -0.2) is 0 Å². The number of carbonyl (C=O) groups is 2. The zero-order valence-electron chi connectivity index (χ0n) is 16.8. The van der Waals surface area contributed by atoms with Crippen molar-refractivity contribution in [3.05, 3.63) is 65.7 Å². The fourth-order valence-corrected chi connectivity index (χ4v) is 4.30. The average Bonchev–Trinajstić information content (AvgIpc) is 2.80. The second kappa shape index (κ2) is 9.12. The second-order valence-electron chi connectivity index (χ2n) is 8.00. The molecule has 1 aliphatic heterocycles. The van der Waals surface area contributed by atoms with Crippen molar-refractivity contribution in [2.45, 2.75) is 38.1 Å². The summed E-state index contributed by atoms with van der Waals surface area (Å²) in [4.78, 5) is 29.8. The molecule has 4 rings (SSSR count). The number of anilines is 1. The maximum absolute atomic E-state index is 13.0. The van der Waals surface area contributed by atoms with Crippen molar-refractivity contribution < 1.29 is 9.59 Å². The molecule has 2 aromatic carbocycles. The van der Waals surface area contributed by atoms with Gasteiger partial charge in [0.1, 0.15) is 0 Å². The van der Waals surface area contributed by atoms with Crippen LogP contribution in [0.3, 0.4) is 0 Å². The summed E-state index contributed by atoms with van der Waals surface area (Å²) >= 11 is 0. The van der Waals surface area contributed by atoms with Gasteiger partial charge in [-0.15, -0.1) is 0 Å². The Hall–Kier alpha value is -2.82. The predicted octanol–water partition coefficient (Wildman–Crippen LogP) is 3.71. The molecule has 1 N–H and O–H groups in total. The number of rotatable bonds is 4. The summed E-state index contributed by atoms with van der Waals surface area (Å²) in [5, 5.41) is 3.13. The van der Waals surface area contributed by atoms with Crippen LogP contribution in [-0.4, -0.2) is 48.9 Å². The summed E-state index contributed by atoms with van der Waals surface area (Å²) in [5.41, 5.74) is 2.36. The van der Waals surface area contributed by atoms with E-state index < -0.39 is 0 Å². The topological polar surface area (TPSA) is 52.7 Å². The lowest BCUT2D eigenvalue weighted by Gasteiger charge is -2.36. The normalized spacial score (nSPS) is 17.8. The first kappa shape index (κ1) is 19.5. The molecule has 2 amide bonds. The van der Waals surface area contributed by atoms with Crippen LogP contribution >= 0.6 is 0 Å². The molecule has 5 nitrogen and oxygen atoms in total. The van der Waals surface area contributed by atoms with Gasteiger partial charge >= 0.3 is 0 Å². The molecule has 1 saturated heterocycles. The maximum Gasteiger partial charge on any atom is 0.253 e. The number of hydrogen-bond donors (Lipinski definition) is 1. The van der Waals surface area contributed by atoms with Gasteiger partial charge in [-0.3, -0.25) is 9.59 Å². The summed E-state index contributed by atoms with van der Waals surface area (Å²) in [7, 11) is 0. The van der Waals surface area contributed by atoms with Crippen LogP contribution in [0.5, 0.6) is 0 Å². The van der Waals surface area contributed by atoms with Crippen LogP contribution in [0.1, 0.15) is 52.8 Å². The molecule has 0 bridgehead atoms. The summed E-state index contributed by atoms with van der Waals surface area (Å²) in [5.74, 6) is -0.0644. The van der Waals surface area contributed by atoms with Crippen LogP contribution in [0.2, 0.25) is 0 Å². The summed E-state index contributed by atoms with van der Waals surface area (Å²) < 4.78 is 0. The molecule has 1 heterocycles. The first-order valence-corrected chi connectivity index (χ1v) is 10.7. The van der Waals surface area contributed by atoms with Gasteiger partial charge in [0.25, 0.3) is 11.8 Å². The lowest BCUT2D eigenvalue weighted by Crippen LogP contribution is -2.48. The minimum absolute atomic E-state index is 0.00466. The van der Waals surface area contributed by atoms with Gasteiger partial charge in [-0.05, 0) is 43.2 Å². The molecule has 5 heteroatoms. The molecule has 1 saturated carbocycles. The van der Waals surface area contributed by atoms with E-state index in [2.05, 4.69) is 22.3 Å². The minimum atomic E-state index is -0.0690. The smallest absolute Gasteiger partial charge is 0.253 e. The Morgan fingerprint density at radius 2 is 1.48 bits per heavy atom. The third kappa shape index (κ3) is 4.78. The number of nitrogens with one attached hydrogen (secondary N) is 1. The van der Waals surface area contributed by atoms with Crippen molar-refractivity contribution in [3.63, 3.8) is 0 Å². The first-order valence-electron chi connectivity index (χ1n) is 10.7. The van der Waals surface area contributed by atoms with Gasteiger partial charge in [0.05, 0.1) is 0 Å². The van der Waals surface area contributed by atoms with E-state index in [1.54, 1.807) is 12.1 Å². The number of benzene rings is 2. The second-order valence-corrected chi connectivity index (χ2v) is 8.00. The van der Waals surface area contributed by atoms with Crippen molar-refractivity contribution >= 4 is 17.5 Å². The Morgan fingerprint density at radius 3 is 2.21 bits per heavy atom. The minimum Gasteiger partial charge on any atom is -0.368 e. The number of carbonyl (C=O) groups excluding carboxylic acids is 2. The van der Waals surface area contributed by atoms with Gasteiger partial charge in [-0.2, -0.15) is 0 Å². The molecule has 0 atom stereocenters. The molecule has 0 unspecified atom stereocenters. The average molecular weight is 392 g/mol. The van der Waals surface area contributed by atoms with Crippen molar-refractivity contribution in [3.8, 4) is 0 Å². The molecule has 0 spiro atoms. The van der Waals surface area contributed by atoms with Crippen molar-refractivity contribution in [1.29, 1.82) is 0 Å². The van der Waals surface area contributed by atoms with Gasteiger partial charge in [0.15, 0.2) is 0 Å². The number of para-hydroxylation sites is 1. The first-order chi connectivity index (χ1) is 14.2. The molecule has 152 valence electrons. The highest BCUT2D eigenvalue weighted by Gasteiger charge is 2.23. The van der Waals surface area contributed by atoms with Crippen LogP contribution in [0, 0.1) is 0 Å². The third-order valence-corrected chi connectivity index (χ3v) is 6.00. The van der Waals surface area contributed by atoms with Crippen LogP contribution in [0.25, 0.3) is 0 Å². The van der Waals surface area contributed by atoms with Gasteiger partial charge in [0, 0.05) is 49.0 Å². The Labute approximate surface area is 172 Å². The molecule has 2 aliphatic rings. The quantitative estimate of drug-likeness (QED) is 0.864. The van der Waals surface area contributed by atoms with Gasteiger partial charge < -0.3 is 15.1 Å². The monoisotopic (exact) mass is 391 g/mol. The highest BCUT2D eigenvalue weighted by molar-refractivity contribution is 5.99. The van der Waals surface area contributed by atoms with Crippen LogP contribution in [-0.2, 0) is 0 Å². The van der Waals surface area contributed by atoms with E-state index in [-0.39, 0.29) is 17.9 Å². The van der Waals surface area contributed by atoms with E-state index in [4.69, 9.17) is 0 Å². The van der Waals surface area contributed by atoms with Crippen molar-refractivity contribution in [1.82, 2.24) is 10.2 Å². The number of hydrogen-bond acceptors (Lipinski definition) is 3. The van der Waals surface area contributed by atoms with Crippen LogP contribution in [0.4, 0.5) is 5.69 Å². The Bertz CT molecular complexity index is 838. The van der Waals surface area contributed by atoms with Crippen LogP contribution in [0.15, 0.2) is 54.6 Å². The van der Waals surface area contributed by atoms with E-state index >= 15 is 0 Å². The highest BCUT2D eigenvalue weighted by atomic mass is 16.2. The third-order valence-electron chi connectivity index (χ3n) is 6.00. The zero-order valence-corrected chi connectivity index (χ0v) is 16.8. The molecule has 29 heavy (non-hydrogen) atoms. The molecule has 2 aromatic rings. The van der Waals surface area contributed by atoms with E-state index in [0.717, 1.165) is 25.9 Å². The van der Waals surface area contributed by atoms with Gasteiger partial charge in [-0.1, -0.05) is 43.5 Å². The molecular formula is C24H29N3O2. The highest BCUT2D eigenvalue weighted by Crippen LogP contribution is 2.19. The fraction of sp³-hybridized carbons (Fsp3) is 0.417. The van der Waals surface area contributed by atoms with Crippen molar-refractivity contribution in [2.24, 2.45) is 0 Å². The standard InChI is InChI=1S/C24H29N3O2/c28-23(25-21-10-3-1-4-11-21)19-8-7-9-20(18-19)24(29)27-16-14-26(15-17-27)22-12-5-2-6-13-22/h2,5-9,12-13,18,21H,1,3-4,10-11,14-17H2,(H,25,28). The fourth-order valence-electron chi connectivity index (χ4n) is 4.30. The summed E-state index contributed by atoms with van der Waals surface area (Å²) in [6.07, 6.45) is 5.72. The Balaban J connectivity index is 1.36. The SMILES string of the molecule is O=C(NC1CCCCC1)c1cccc(C(=O)N2CCN(c3ccccc3)CC2)c1. The Morgan fingerprint density at radius 1 is 0.793 bits per heavy atom. The summed E-state index contributed by atoms with van der Waals surface area (Å²) in [6.45, 7) is 3.01. The summed E-state index contributed by atoms with van der Waals surface area (Å²) in [6, 6.07) is 17.7. The molecular weight excluding hydrogens is 362 g/mol. The molecule has 0 aromatic heterocycles. The largest absolute Gasteiger partial charge is 0.368 e. The van der Waals surface area contributed by atoms with E-state index in [9.17, 15) is 9.59 Å². The Kier molecular flexibility index (Phi) is 6.13. The number of nitrogens with zero attached hydrogens (tertiary/aromatic N) is 2. The van der Waals surface area contributed by atoms with E-state index in [1.165, 1.54) is 24.9 Å². The van der Waals surface area contributed by atoms with E-state index in [1.807, 2.05) is 35.2 Å². The van der Waals surface area contributed by atoms with E-state index in [0.29, 0.717) is 24.2 Å². The lowest BCUT2D eigenvalue weighted by atomic mass is 9.95. The maximum atomic E-state index is 13.0. The van der Waals surface area contributed by atoms with Crippen molar-refractivity contribution in [2.75, 3.05) is 31.1 Å². The van der Waals surface area contributed by atoms with Crippen LogP contribution < -0.4 is 10.2 Å². The molecule has 2 fully saturated rings. The number of piperazine rings is 1. The van der Waals surface area contributed by atoms with Gasteiger partial charge in [0.2, 0.25) is 0 Å². The molecule has 1 aliphatic carbocycles. The number of amides is 2. The lowest BCUT2D eigenvalue weighted by molar-refractivity contribution is 0.0747. The predicted molar refractivity (Wildman–Crippen MR) is 115 cm³/mol.